The molecule has 0 saturated heterocycles. The summed E-state index contributed by atoms with van der Waals surface area (Å²) in [6.45, 7) is 0.233. The van der Waals surface area contributed by atoms with Gasteiger partial charge in [0.2, 0.25) is 0 Å². The topological polar surface area (TPSA) is 46.5 Å². The van der Waals surface area contributed by atoms with Crippen LogP contribution in [0.2, 0.25) is 0 Å². The van der Waals surface area contributed by atoms with E-state index in [1.54, 1.807) is 0 Å². The lowest BCUT2D eigenvalue weighted by Crippen LogP contribution is -2.06. The Kier molecular flexibility index (Phi) is 3.56. The van der Waals surface area contributed by atoms with Gasteiger partial charge >= 0.3 is 5.97 Å². The van der Waals surface area contributed by atoms with Crippen LogP contribution in [0.5, 0.6) is 5.75 Å². The van der Waals surface area contributed by atoms with Gasteiger partial charge in [0.1, 0.15) is 12.4 Å². The van der Waals surface area contributed by atoms with Gasteiger partial charge in [0.15, 0.2) is 0 Å². The molecule has 0 aliphatic carbocycles. The highest BCUT2D eigenvalue weighted by molar-refractivity contribution is 6.05. The van der Waals surface area contributed by atoms with Gasteiger partial charge in [-0.3, -0.25) is 0 Å². The van der Waals surface area contributed by atoms with E-state index in [1.807, 2.05) is 66.7 Å². The van der Waals surface area contributed by atoms with Crippen LogP contribution in [-0.4, -0.2) is 11.1 Å². The SMILES string of the molecule is O=C(O)c1c(COc2ccccc2)ccc2ccccc12. The number of hydrogen-bond donors (Lipinski definition) is 1. The van der Waals surface area contributed by atoms with Gasteiger partial charge in [-0.2, -0.15) is 0 Å². The molecule has 0 atom stereocenters. The second-order valence-electron chi connectivity index (χ2n) is 4.73. The molecule has 3 heteroatoms. The maximum Gasteiger partial charge on any atom is 0.336 e. The highest BCUT2D eigenvalue weighted by Crippen LogP contribution is 2.24. The normalized spacial score (nSPS) is 10.5. The van der Waals surface area contributed by atoms with Crippen LogP contribution in [0, 0.1) is 0 Å². The summed E-state index contributed by atoms with van der Waals surface area (Å²) in [5, 5.41) is 11.2. The third kappa shape index (κ3) is 2.72. The van der Waals surface area contributed by atoms with Crippen molar-refractivity contribution >= 4 is 16.7 Å². The van der Waals surface area contributed by atoms with E-state index in [4.69, 9.17) is 4.74 Å². The van der Waals surface area contributed by atoms with Gasteiger partial charge in [-0.1, -0.05) is 54.6 Å². The van der Waals surface area contributed by atoms with Crippen LogP contribution in [0.4, 0.5) is 0 Å². The minimum absolute atomic E-state index is 0.233. The number of benzene rings is 3. The average molecular weight is 278 g/mol. The van der Waals surface area contributed by atoms with Crippen molar-refractivity contribution < 1.29 is 14.6 Å². The summed E-state index contributed by atoms with van der Waals surface area (Å²) in [6, 6.07) is 20.6. The van der Waals surface area contributed by atoms with Gasteiger partial charge in [-0.15, -0.1) is 0 Å². The monoisotopic (exact) mass is 278 g/mol. The molecule has 0 bridgehead atoms. The van der Waals surface area contributed by atoms with Crippen molar-refractivity contribution in [2.75, 3.05) is 0 Å². The first kappa shape index (κ1) is 13.2. The second-order valence-corrected chi connectivity index (χ2v) is 4.73. The van der Waals surface area contributed by atoms with Crippen LogP contribution < -0.4 is 4.74 Å². The van der Waals surface area contributed by atoms with Crippen molar-refractivity contribution in [3.8, 4) is 5.75 Å². The first-order valence-electron chi connectivity index (χ1n) is 6.67. The van der Waals surface area contributed by atoms with Crippen molar-refractivity contribution in [3.05, 3.63) is 77.9 Å². The smallest absolute Gasteiger partial charge is 0.336 e. The number of carboxylic acid groups (broad SMARTS) is 1. The van der Waals surface area contributed by atoms with Crippen LogP contribution in [0.15, 0.2) is 66.7 Å². The molecule has 1 N–H and O–H groups in total. The van der Waals surface area contributed by atoms with Crippen molar-refractivity contribution in [1.29, 1.82) is 0 Å². The molecule has 0 aliphatic rings. The molecule has 21 heavy (non-hydrogen) atoms. The third-order valence-corrected chi connectivity index (χ3v) is 3.37. The van der Waals surface area contributed by atoms with Gasteiger partial charge in [-0.25, -0.2) is 4.79 Å². The molecule has 0 amide bonds. The van der Waals surface area contributed by atoms with Crippen molar-refractivity contribution in [2.24, 2.45) is 0 Å². The lowest BCUT2D eigenvalue weighted by molar-refractivity contribution is 0.0696. The lowest BCUT2D eigenvalue weighted by Gasteiger charge is -2.11. The summed E-state index contributed by atoms with van der Waals surface area (Å²) >= 11 is 0. The highest BCUT2D eigenvalue weighted by Gasteiger charge is 2.14. The molecule has 0 saturated carbocycles. The average Bonchev–Trinajstić information content (AvgIpc) is 2.53. The van der Waals surface area contributed by atoms with E-state index in [9.17, 15) is 9.90 Å². The predicted molar refractivity (Wildman–Crippen MR) is 81.7 cm³/mol. The molecular formula is C18H14O3. The molecule has 0 spiro atoms. The van der Waals surface area contributed by atoms with E-state index in [0.717, 1.165) is 16.5 Å². The van der Waals surface area contributed by atoms with Crippen LogP contribution in [0.25, 0.3) is 10.8 Å². The molecule has 104 valence electrons. The summed E-state index contributed by atoms with van der Waals surface area (Å²) in [5.41, 5.74) is 0.981. The summed E-state index contributed by atoms with van der Waals surface area (Å²) in [7, 11) is 0. The van der Waals surface area contributed by atoms with Gasteiger partial charge < -0.3 is 9.84 Å². The first-order valence-corrected chi connectivity index (χ1v) is 6.67. The fourth-order valence-corrected chi connectivity index (χ4v) is 2.37. The molecule has 3 nitrogen and oxygen atoms in total. The van der Waals surface area contributed by atoms with Crippen molar-refractivity contribution in [3.63, 3.8) is 0 Å². The molecule has 3 rings (SSSR count). The zero-order valence-electron chi connectivity index (χ0n) is 11.3. The van der Waals surface area contributed by atoms with Gasteiger partial charge in [0.05, 0.1) is 5.56 Å². The number of rotatable bonds is 4. The Morgan fingerprint density at radius 2 is 1.62 bits per heavy atom. The molecule has 0 fully saturated rings. The minimum Gasteiger partial charge on any atom is -0.489 e. The largest absolute Gasteiger partial charge is 0.489 e. The molecule has 3 aromatic rings. The van der Waals surface area contributed by atoms with E-state index in [2.05, 4.69) is 0 Å². The molecule has 0 heterocycles. The van der Waals surface area contributed by atoms with Gasteiger partial charge in [0, 0.05) is 5.56 Å². The maximum absolute atomic E-state index is 11.6. The molecule has 0 aromatic heterocycles. The molecule has 0 radical (unpaired) electrons. The Balaban J connectivity index is 1.98. The van der Waals surface area contributed by atoms with Crippen LogP contribution in [0.1, 0.15) is 15.9 Å². The maximum atomic E-state index is 11.6. The number of ether oxygens (including phenoxy) is 1. The van der Waals surface area contributed by atoms with Crippen LogP contribution in [-0.2, 0) is 6.61 Å². The Bertz CT molecular complexity index is 779. The Hall–Kier alpha value is -2.81. The molecule has 0 unspecified atom stereocenters. The molecule has 3 aromatic carbocycles. The Labute approximate surface area is 122 Å². The van der Waals surface area contributed by atoms with E-state index >= 15 is 0 Å². The van der Waals surface area contributed by atoms with E-state index in [0.29, 0.717) is 11.1 Å². The Morgan fingerprint density at radius 1 is 0.905 bits per heavy atom. The number of carboxylic acids is 1. The van der Waals surface area contributed by atoms with E-state index < -0.39 is 5.97 Å². The zero-order valence-corrected chi connectivity index (χ0v) is 11.3. The summed E-state index contributed by atoms with van der Waals surface area (Å²) < 4.78 is 5.67. The summed E-state index contributed by atoms with van der Waals surface area (Å²) in [5.74, 6) is -0.208. The van der Waals surface area contributed by atoms with Crippen molar-refractivity contribution in [1.82, 2.24) is 0 Å². The quantitative estimate of drug-likeness (QED) is 0.781. The zero-order chi connectivity index (χ0) is 14.7. The summed E-state index contributed by atoms with van der Waals surface area (Å²) in [6.07, 6.45) is 0. The number of hydrogen-bond acceptors (Lipinski definition) is 2. The molecule has 0 aliphatic heterocycles. The number of para-hydroxylation sites is 1. The minimum atomic E-state index is -0.932. The van der Waals surface area contributed by atoms with Gasteiger partial charge in [-0.05, 0) is 22.9 Å². The Morgan fingerprint density at radius 3 is 2.38 bits per heavy atom. The number of aromatic carboxylic acids is 1. The third-order valence-electron chi connectivity index (χ3n) is 3.37. The molecular weight excluding hydrogens is 264 g/mol. The first-order chi connectivity index (χ1) is 10.3. The standard InChI is InChI=1S/C18H14O3/c19-18(20)17-14(12-21-15-7-2-1-3-8-15)11-10-13-6-4-5-9-16(13)17/h1-11H,12H2,(H,19,20). The number of carbonyl (C=O) groups is 1. The lowest BCUT2D eigenvalue weighted by atomic mass is 9.99. The van der Waals surface area contributed by atoms with E-state index in [-0.39, 0.29) is 6.61 Å². The predicted octanol–water partition coefficient (Wildman–Crippen LogP) is 4.12. The van der Waals surface area contributed by atoms with Crippen LogP contribution >= 0.6 is 0 Å². The summed E-state index contributed by atoms with van der Waals surface area (Å²) in [4.78, 5) is 11.6. The van der Waals surface area contributed by atoms with E-state index in [1.165, 1.54) is 0 Å². The number of fused-ring (bicyclic) bond motifs is 1. The highest BCUT2D eigenvalue weighted by atomic mass is 16.5. The fourth-order valence-electron chi connectivity index (χ4n) is 2.37. The van der Waals surface area contributed by atoms with Crippen LogP contribution in [0.3, 0.4) is 0 Å². The second kappa shape index (κ2) is 5.67. The fraction of sp³-hybridized carbons (Fsp3) is 0.0556. The van der Waals surface area contributed by atoms with Gasteiger partial charge in [0.25, 0.3) is 0 Å². The van der Waals surface area contributed by atoms with Crippen molar-refractivity contribution in [2.45, 2.75) is 6.61 Å².